The van der Waals surface area contributed by atoms with Crippen molar-refractivity contribution in [1.82, 2.24) is 5.32 Å². The Balaban J connectivity index is 1.54. The van der Waals surface area contributed by atoms with Crippen LogP contribution in [-0.2, 0) is 11.2 Å². The number of hydrogen-bond donors (Lipinski definition) is 1. The highest BCUT2D eigenvalue weighted by Gasteiger charge is 2.24. The summed E-state index contributed by atoms with van der Waals surface area (Å²) in [5, 5.41) is 3.15. The molecule has 0 radical (unpaired) electrons. The second kappa shape index (κ2) is 6.33. The smallest absolute Gasteiger partial charge is 0.223 e. The molecule has 1 aromatic carbocycles. The highest BCUT2D eigenvalue weighted by atomic mass is 16.1. The van der Waals surface area contributed by atoms with E-state index in [1.165, 1.54) is 11.3 Å². The van der Waals surface area contributed by atoms with Gasteiger partial charge in [-0.15, -0.1) is 0 Å². The number of hydrogen-bond acceptors (Lipinski definition) is 2. The molecule has 1 amide bonds. The maximum absolute atomic E-state index is 12.2. The fourth-order valence-electron chi connectivity index (χ4n) is 3.36. The summed E-state index contributed by atoms with van der Waals surface area (Å²) in [4.78, 5) is 14.6. The molecule has 1 aromatic rings. The van der Waals surface area contributed by atoms with E-state index in [-0.39, 0.29) is 11.8 Å². The molecule has 3 heteroatoms. The van der Waals surface area contributed by atoms with Gasteiger partial charge in [-0.3, -0.25) is 4.79 Å². The zero-order chi connectivity index (χ0) is 14.7. The Hall–Kier alpha value is -1.77. The standard InChI is InChI=1S/C18H24N2O/c1-14(13-19-18(21)16-8-3-2-4-9-16)20-12-11-15-7-5-6-10-17(15)20/h2-3,5-7,10,14,16H,4,8-9,11-13H2,1H3,(H,19,21). The van der Waals surface area contributed by atoms with Crippen molar-refractivity contribution in [1.29, 1.82) is 0 Å². The summed E-state index contributed by atoms with van der Waals surface area (Å²) < 4.78 is 0. The van der Waals surface area contributed by atoms with Crippen molar-refractivity contribution in [3.8, 4) is 0 Å². The fourth-order valence-corrected chi connectivity index (χ4v) is 3.36. The van der Waals surface area contributed by atoms with Crippen molar-refractivity contribution >= 4 is 11.6 Å². The van der Waals surface area contributed by atoms with Gasteiger partial charge >= 0.3 is 0 Å². The average molecular weight is 284 g/mol. The lowest BCUT2D eigenvalue weighted by Crippen LogP contribution is -2.43. The van der Waals surface area contributed by atoms with Gasteiger partial charge in [0.15, 0.2) is 0 Å². The van der Waals surface area contributed by atoms with Gasteiger partial charge in [0.2, 0.25) is 5.91 Å². The summed E-state index contributed by atoms with van der Waals surface area (Å²) in [7, 11) is 0. The monoisotopic (exact) mass is 284 g/mol. The first-order valence-corrected chi connectivity index (χ1v) is 8.03. The van der Waals surface area contributed by atoms with E-state index in [2.05, 4.69) is 53.6 Å². The first-order chi connectivity index (χ1) is 10.3. The minimum absolute atomic E-state index is 0.174. The predicted octanol–water partition coefficient (Wildman–Crippen LogP) is 2.91. The lowest BCUT2D eigenvalue weighted by atomic mass is 9.93. The number of anilines is 1. The molecular formula is C18H24N2O. The van der Waals surface area contributed by atoms with Crippen molar-refractivity contribution < 1.29 is 4.79 Å². The van der Waals surface area contributed by atoms with E-state index in [1.54, 1.807) is 0 Å². The van der Waals surface area contributed by atoms with E-state index in [0.717, 1.165) is 38.8 Å². The molecule has 1 aliphatic carbocycles. The Morgan fingerprint density at radius 1 is 1.38 bits per heavy atom. The van der Waals surface area contributed by atoms with Crippen molar-refractivity contribution in [2.45, 2.75) is 38.6 Å². The van der Waals surface area contributed by atoms with Crippen LogP contribution < -0.4 is 10.2 Å². The lowest BCUT2D eigenvalue weighted by molar-refractivity contribution is -0.125. The van der Waals surface area contributed by atoms with Crippen LogP contribution in [0.25, 0.3) is 0 Å². The first kappa shape index (κ1) is 14.2. The number of allylic oxidation sites excluding steroid dienone is 2. The molecule has 1 heterocycles. The average Bonchev–Trinajstić information content (AvgIpc) is 2.97. The summed E-state index contributed by atoms with van der Waals surface area (Å²) >= 11 is 0. The Bertz CT molecular complexity index is 538. The van der Waals surface area contributed by atoms with Gasteiger partial charge in [0.05, 0.1) is 0 Å². The normalized spacial score (nSPS) is 22.0. The summed E-state index contributed by atoms with van der Waals surface area (Å²) in [5.41, 5.74) is 2.76. The van der Waals surface area contributed by atoms with Gasteiger partial charge in [-0.2, -0.15) is 0 Å². The maximum Gasteiger partial charge on any atom is 0.223 e. The molecule has 3 rings (SSSR count). The van der Waals surface area contributed by atoms with Gasteiger partial charge in [-0.1, -0.05) is 30.4 Å². The van der Waals surface area contributed by atoms with Crippen molar-refractivity contribution in [3.05, 3.63) is 42.0 Å². The molecule has 2 unspecified atom stereocenters. The Labute approximate surface area is 127 Å². The van der Waals surface area contributed by atoms with E-state index in [4.69, 9.17) is 0 Å². The number of nitrogens with zero attached hydrogens (tertiary/aromatic N) is 1. The molecule has 3 nitrogen and oxygen atoms in total. The third-order valence-electron chi connectivity index (χ3n) is 4.67. The second-order valence-corrected chi connectivity index (χ2v) is 6.15. The molecule has 0 saturated heterocycles. The number of carbonyl (C=O) groups excluding carboxylic acids is 1. The van der Waals surface area contributed by atoms with E-state index in [9.17, 15) is 4.79 Å². The van der Waals surface area contributed by atoms with Crippen LogP contribution in [0.1, 0.15) is 31.7 Å². The first-order valence-electron chi connectivity index (χ1n) is 8.03. The van der Waals surface area contributed by atoms with Crippen LogP contribution >= 0.6 is 0 Å². The fraction of sp³-hybridized carbons (Fsp3) is 0.500. The van der Waals surface area contributed by atoms with Crippen LogP contribution in [0.3, 0.4) is 0 Å². The SMILES string of the molecule is CC(CNC(=O)C1CC=CCC1)N1CCc2ccccc21. The molecule has 0 spiro atoms. The van der Waals surface area contributed by atoms with Gasteiger partial charge in [-0.05, 0) is 44.2 Å². The molecular weight excluding hydrogens is 260 g/mol. The third-order valence-corrected chi connectivity index (χ3v) is 4.67. The van der Waals surface area contributed by atoms with E-state index in [0.29, 0.717) is 6.04 Å². The zero-order valence-corrected chi connectivity index (χ0v) is 12.7. The minimum atomic E-state index is 0.174. The number of fused-ring (bicyclic) bond motifs is 1. The van der Waals surface area contributed by atoms with Crippen molar-refractivity contribution in [2.24, 2.45) is 5.92 Å². The number of benzene rings is 1. The zero-order valence-electron chi connectivity index (χ0n) is 12.7. The highest BCUT2D eigenvalue weighted by molar-refractivity contribution is 5.79. The van der Waals surface area contributed by atoms with E-state index >= 15 is 0 Å². The molecule has 21 heavy (non-hydrogen) atoms. The van der Waals surface area contributed by atoms with Gasteiger partial charge in [0.1, 0.15) is 0 Å². The van der Waals surface area contributed by atoms with Gasteiger partial charge < -0.3 is 10.2 Å². The highest BCUT2D eigenvalue weighted by Crippen LogP contribution is 2.29. The molecule has 0 bridgehead atoms. The molecule has 0 aromatic heterocycles. The number of rotatable bonds is 4. The Morgan fingerprint density at radius 2 is 2.24 bits per heavy atom. The summed E-state index contributed by atoms with van der Waals surface area (Å²) in [6.45, 7) is 3.99. The van der Waals surface area contributed by atoms with Gasteiger partial charge in [-0.25, -0.2) is 0 Å². The number of nitrogens with one attached hydrogen (secondary N) is 1. The van der Waals surface area contributed by atoms with Crippen LogP contribution in [0.4, 0.5) is 5.69 Å². The third kappa shape index (κ3) is 3.12. The van der Waals surface area contributed by atoms with E-state index < -0.39 is 0 Å². The lowest BCUT2D eigenvalue weighted by Gasteiger charge is -2.28. The molecule has 2 aliphatic rings. The number of para-hydroxylation sites is 1. The summed E-state index contributed by atoms with van der Waals surface area (Å²) in [6.07, 6.45) is 8.34. The molecule has 0 fully saturated rings. The quantitative estimate of drug-likeness (QED) is 0.862. The number of amides is 1. The molecule has 1 aliphatic heterocycles. The van der Waals surface area contributed by atoms with Gasteiger partial charge in [0, 0.05) is 30.7 Å². The molecule has 0 saturated carbocycles. The minimum Gasteiger partial charge on any atom is -0.366 e. The molecule has 2 atom stereocenters. The van der Waals surface area contributed by atoms with Gasteiger partial charge in [0.25, 0.3) is 0 Å². The van der Waals surface area contributed by atoms with Crippen LogP contribution in [0, 0.1) is 5.92 Å². The largest absolute Gasteiger partial charge is 0.366 e. The summed E-state index contributed by atoms with van der Waals surface area (Å²) in [6, 6.07) is 8.93. The molecule has 1 N–H and O–H groups in total. The summed E-state index contributed by atoms with van der Waals surface area (Å²) in [5.74, 6) is 0.395. The Kier molecular flexibility index (Phi) is 4.28. The topological polar surface area (TPSA) is 32.3 Å². The van der Waals surface area contributed by atoms with Crippen LogP contribution in [0.2, 0.25) is 0 Å². The molecule has 112 valence electrons. The van der Waals surface area contributed by atoms with Crippen molar-refractivity contribution in [2.75, 3.05) is 18.0 Å². The predicted molar refractivity (Wildman–Crippen MR) is 86.4 cm³/mol. The second-order valence-electron chi connectivity index (χ2n) is 6.15. The van der Waals surface area contributed by atoms with E-state index in [1.807, 2.05) is 0 Å². The maximum atomic E-state index is 12.2. The number of carbonyl (C=O) groups is 1. The Morgan fingerprint density at radius 3 is 3.05 bits per heavy atom. The van der Waals surface area contributed by atoms with Crippen LogP contribution in [0.15, 0.2) is 36.4 Å². The van der Waals surface area contributed by atoms with Crippen molar-refractivity contribution in [3.63, 3.8) is 0 Å². The van der Waals surface area contributed by atoms with Crippen LogP contribution in [-0.4, -0.2) is 25.0 Å². The van der Waals surface area contributed by atoms with Crippen LogP contribution in [0.5, 0.6) is 0 Å².